The molecule has 0 saturated heterocycles. The van der Waals surface area contributed by atoms with E-state index in [1.165, 1.54) is 0 Å². The first kappa shape index (κ1) is 14.0. The number of rotatable bonds is 4. The molecular formula is C14H11N5O2S. The van der Waals surface area contributed by atoms with Crippen molar-refractivity contribution in [1.29, 1.82) is 0 Å². The van der Waals surface area contributed by atoms with Gasteiger partial charge < -0.3 is 10.1 Å². The van der Waals surface area contributed by atoms with Gasteiger partial charge in [0.1, 0.15) is 5.75 Å². The Morgan fingerprint density at radius 1 is 1.00 bits per heavy atom. The molecule has 22 heavy (non-hydrogen) atoms. The van der Waals surface area contributed by atoms with E-state index >= 15 is 0 Å². The van der Waals surface area contributed by atoms with Gasteiger partial charge in [0, 0.05) is 22.9 Å². The minimum atomic E-state index is -0.541. The quantitative estimate of drug-likeness (QED) is 0.768. The van der Waals surface area contributed by atoms with Crippen LogP contribution < -0.4 is 15.4 Å². The number of benzene rings is 2. The largest absolute Gasteiger partial charge is 0.417 e. The summed E-state index contributed by atoms with van der Waals surface area (Å²) >= 11 is 1.16. The number of amides is 1. The summed E-state index contributed by atoms with van der Waals surface area (Å²) in [4.78, 5) is 11.7. The highest BCUT2D eigenvalue weighted by Gasteiger charge is 2.05. The molecule has 1 heterocycles. The molecule has 0 saturated carbocycles. The third-order valence-corrected chi connectivity index (χ3v) is 3.15. The van der Waals surface area contributed by atoms with Gasteiger partial charge >= 0.3 is 6.09 Å². The van der Waals surface area contributed by atoms with E-state index in [1.807, 2.05) is 18.2 Å². The van der Waals surface area contributed by atoms with Crippen LogP contribution in [0.1, 0.15) is 0 Å². The molecule has 8 heteroatoms. The zero-order valence-corrected chi connectivity index (χ0v) is 12.1. The lowest BCUT2D eigenvalue weighted by molar-refractivity contribution is 0.215. The van der Waals surface area contributed by atoms with Gasteiger partial charge in [-0.2, -0.15) is 0 Å². The fourth-order valence-electron chi connectivity index (χ4n) is 1.68. The first-order chi connectivity index (χ1) is 10.8. The molecule has 0 bridgehead atoms. The fourth-order valence-corrected chi connectivity index (χ4v) is 2.07. The molecule has 0 fully saturated rings. The standard InChI is InChI=1S/C14H11N5O2S/c20-14(16-10-4-2-1-3-5-10)21-12-8-6-11(7-9-12)15-13-17-18-19-22-13/h1-9H,(H,16,20)(H,15,17,19). The van der Waals surface area contributed by atoms with Crippen LogP contribution in [0.5, 0.6) is 5.75 Å². The Labute approximate surface area is 130 Å². The Bertz CT molecular complexity index is 732. The average Bonchev–Trinajstić information content (AvgIpc) is 3.03. The van der Waals surface area contributed by atoms with E-state index in [4.69, 9.17) is 4.74 Å². The molecule has 7 nitrogen and oxygen atoms in total. The van der Waals surface area contributed by atoms with Crippen LogP contribution in [-0.2, 0) is 0 Å². The van der Waals surface area contributed by atoms with Crippen molar-refractivity contribution in [2.45, 2.75) is 0 Å². The number of carbonyl (C=O) groups is 1. The number of aromatic nitrogens is 3. The van der Waals surface area contributed by atoms with Gasteiger partial charge in [0.15, 0.2) is 0 Å². The molecule has 2 aromatic carbocycles. The van der Waals surface area contributed by atoms with E-state index in [1.54, 1.807) is 36.4 Å². The van der Waals surface area contributed by atoms with E-state index in [-0.39, 0.29) is 0 Å². The molecule has 0 aliphatic heterocycles. The summed E-state index contributed by atoms with van der Waals surface area (Å²) in [5, 5.41) is 13.5. The summed E-state index contributed by atoms with van der Waals surface area (Å²) in [5.74, 6) is 0.439. The van der Waals surface area contributed by atoms with Crippen LogP contribution in [0, 0.1) is 0 Å². The average molecular weight is 313 g/mol. The predicted molar refractivity (Wildman–Crippen MR) is 83.5 cm³/mol. The lowest BCUT2D eigenvalue weighted by Gasteiger charge is -2.07. The van der Waals surface area contributed by atoms with Gasteiger partial charge in [-0.15, -0.1) is 0 Å². The normalized spacial score (nSPS) is 10.0. The highest BCUT2D eigenvalue weighted by atomic mass is 32.1. The Morgan fingerprint density at radius 2 is 1.77 bits per heavy atom. The molecule has 3 rings (SSSR count). The second-order valence-corrected chi connectivity index (χ2v) is 4.93. The number of hydrogen-bond donors (Lipinski definition) is 2. The number of hydrogen-bond acceptors (Lipinski definition) is 7. The van der Waals surface area contributed by atoms with Crippen molar-refractivity contribution in [3.63, 3.8) is 0 Å². The van der Waals surface area contributed by atoms with Gasteiger partial charge in [0.05, 0.1) is 0 Å². The third kappa shape index (κ3) is 3.76. The number of nitrogens with one attached hydrogen (secondary N) is 2. The molecule has 0 spiro atoms. The Kier molecular flexibility index (Phi) is 4.21. The van der Waals surface area contributed by atoms with Crippen LogP contribution in [-0.4, -0.2) is 20.9 Å². The first-order valence-electron chi connectivity index (χ1n) is 6.35. The molecule has 0 radical (unpaired) electrons. The van der Waals surface area contributed by atoms with Gasteiger partial charge in [0.25, 0.3) is 0 Å². The highest BCUT2D eigenvalue weighted by Crippen LogP contribution is 2.20. The van der Waals surface area contributed by atoms with Gasteiger partial charge in [0.2, 0.25) is 5.13 Å². The Morgan fingerprint density at radius 3 is 2.45 bits per heavy atom. The first-order valence-corrected chi connectivity index (χ1v) is 7.13. The minimum absolute atomic E-state index is 0.439. The van der Waals surface area contributed by atoms with Crippen LogP contribution in [0.4, 0.5) is 21.3 Å². The smallest absolute Gasteiger partial charge is 0.410 e. The van der Waals surface area contributed by atoms with E-state index in [9.17, 15) is 4.79 Å². The van der Waals surface area contributed by atoms with Crippen molar-refractivity contribution < 1.29 is 9.53 Å². The van der Waals surface area contributed by atoms with Crippen LogP contribution in [0.25, 0.3) is 0 Å². The van der Waals surface area contributed by atoms with Crippen LogP contribution in [0.3, 0.4) is 0 Å². The number of ether oxygens (including phenoxy) is 1. The zero-order valence-electron chi connectivity index (χ0n) is 11.3. The van der Waals surface area contributed by atoms with Crippen molar-refractivity contribution in [2.75, 3.05) is 10.6 Å². The van der Waals surface area contributed by atoms with E-state index in [0.717, 1.165) is 17.2 Å². The number of para-hydroxylation sites is 1. The molecule has 0 unspecified atom stereocenters. The topological polar surface area (TPSA) is 89.0 Å². The Balaban J connectivity index is 1.57. The molecule has 3 aromatic rings. The number of anilines is 3. The van der Waals surface area contributed by atoms with E-state index < -0.39 is 6.09 Å². The van der Waals surface area contributed by atoms with Crippen molar-refractivity contribution in [3.8, 4) is 5.75 Å². The van der Waals surface area contributed by atoms with Gasteiger partial charge in [-0.3, -0.25) is 5.32 Å². The summed E-state index contributed by atoms with van der Waals surface area (Å²) in [6.45, 7) is 0. The number of nitrogens with zero attached hydrogens (tertiary/aromatic N) is 3. The molecule has 2 N–H and O–H groups in total. The molecule has 0 aliphatic carbocycles. The van der Waals surface area contributed by atoms with Crippen molar-refractivity contribution in [2.24, 2.45) is 0 Å². The SMILES string of the molecule is O=C(Nc1ccccc1)Oc1ccc(Nc2nnns2)cc1. The lowest BCUT2D eigenvalue weighted by atomic mass is 10.3. The summed E-state index contributed by atoms with van der Waals surface area (Å²) in [6.07, 6.45) is -0.541. The zero-order chi connectivity index (χ0) is 15.2. The number of carbonyl (C=O) groups excluding carboxylic acids is 1. The monoisotopic (exact) mass is 313 g/mol. The van der Waals surface area contributed by atoms with Crippen molar-refractivity contribution in [3.05, 3.63) is 54.6 Å². The maximum absolute atomic E-state index is 11.7. The second kappa shape index (κ2) is 6.64. The summed E-state index contributed by atoms with van der Waals surface area (Å²) in [6, 6.07) is 16.0. The maximum Gasteiger partial charge on any atom is 0.417 e. The minimum Gasteiger partial charge on any atom is -0.410 e. The van der Waals surface area contributed by atoms with Crippen LogP contribution in [0.2, 0.25) is 0 Å². The van der Waals surface area contributed by atoms with Crippen molar-refractivity contribution >= 4 is 34.1 Å². The van der Waals surface area contributed by atoms with E-state index in [2.05, 4.69) is 25.4 Å². The summed E-state index contributed by atoms with van der Waals surface area (Å²) < 4.78 is 8.85. The van der Waals surface area contributed by atoms with Crippen LogP contribution >= 0.6 is 11.5 Å². The predicted octanol–water partition coefficient (Wildman–Crippen LogP) is 3.29. The molecule has 0 aliphatic rings. The van der Waals surface area contributed by atoms with E-state index in [0.29, 0.717) is 16.6 Å². The third-order valence-electron chi connectivity index (χ3n) is 2.64. The Hall–Kier alpha value is -3.00. The van der Waals surface area contributed by atoms with Gasteiger partial charge in [-0.05, 0) is 41.6 Å². The summed E-state index contributed by atoms with van der Waals surface area (Å²) in [5.41, 5.74) is 1.48. The molecule has 1 aromatic heterocycles. The maximum atomic E-state index is 11.7. The second-order valence-electron chi connectivity index (χ2n) is 4.20. The van der Waals surface area contributed by atoms with Crippen molar-refractivity contribution in [1.82, 2.24) is 14.8 Å². The molecule has 110 valence electrons. The van der Waals surface area contributed by atoms with Gasteiger partial charge in [-0.1, -0.05) is 27.8 Å². The molecule has 0 atom stereocenters. The van der Waals surface area contributed by atoms with Crippen LogP contribution in [0.15, 0.2) is 54.6 Å². The fraction of sp³-hybridized carbons (Fsp3) is 0. The molecule has 1 amide bonds. The highest BCUT2D eigenvalue weighted by molar-refractivity contribution is 7.09. The van der Waals surface area contributed by atoms with Gasteiger partial charge in [-0.25, -0.2) is 4.79 Å². The summed E-state index contributed by atoms with van der Waals surface area (Å²) in [7, 11) is 0. The molecular weight excluding hydrogens is 302 g/mol. The lowest BCUT2D eigenvalue weighted by Crippen LogP contribution is -2.16.